The average molecular weight is 383 g/mol. The number of ether oxygens (including phenoxy) is 1. The van der Waals surface area contributed by atoms with Gasteiger partial charge in [-0.15, -0.1) is 0 Å². The van der Waals surface area contributed by atoms with Crippen LogP contribution in [-0.4, -0.2) is 43.2 Å². The highest BCUT2D eigenvalue weighted by atomic mass is 16.5. The Morgan fingerprint density at radius 3 is 2.54 bits per heavy atom. The van der Waals surface area contributed by atoms with Gasteiger partial charge in [-0.25, -0.2) is 0 Å². The molecule has 28 heavy (non-hydrogen) atoms. The van der Waals surface area contributed by atoms with Crippen molar-refractivity contribution < 1.29 is 14.3 Å². The van der Waals surface area contributed by atoms with Gasteiger partial charge in [-0.2, -0.15) is 0 Å². The minimum absolute atomic E-state index is 0.0443. The van der Waals surface area contributed by atoms with Crippen LogP contribution in [0.5, 0.6) is 0 Å². The lowest BCUT2D eigenvalue weighted by Gasteiger charge is -2.22. The molecular weight excluding hydrogens is 358 g/mol. The number of rotatable bonds is 6. The maximum atomic E-state index is 12.7. The Kier molecular flexibility index (Phi) is 6.60. The van der Waals surface area contributed by atoms with E-state index >= 15 is 0 Å². The highest BCUT2D eigenvalue weighted by Crippen LogP contribution is 2.13. The number of amides is 2. The number of carbonyl (C=O) groups is 2. The topological polar surface area (TPSA) is 89.4 Å². The predicted molar refractivity (Wildman–Crippen MR) is 106 cm³/mol. The number of nitrogens with zero attached hydrogens (tertiary/aromatic N) is 1. The van der Waals surface area contributed by atoms with Gasteiger partial charge in [0.2, 0.25) is 0 Å². The quantitative estimate of drug-likeness (QED) is 0.789. The Morgan fingerprint density at radius 1 is 1.14 bits per heavy atom. The van der Waals surface area contributed by atoms with Gasteiger partial charge in [0.1, 0.15) is 5.56 Å². The van der Waals surface area contributed by atoms with E-state index in [2.05, 4.69) is 10.6 Å². The third-order valence-electron chi connectivity index (χ3n) is 4.91. The van der Waals surface area contributed by atoms with E-state index in [9.17, 15) is 14.4 Å². The van der Waals surface area contributed by atoms with Gasteiger partial charge in [0.25, 0.3) is 17.4 Å². The monoisotopic (exact) mass is 383 g/mol. The van der Waals surface area contributed by atoms with Crippen LogP contribution in [0.25, 0.3) is 0 Å². The molecule has 1 fully saturated rings. The summed E-state index contributed by atoms with van der Waals surface area (Å²) in [6, 6.07) is 10.8. The van der Waals surface area contributed by atoms with Crippen molar-refractivity contribution in [2.24, 2.45) is 5.92 Å². The van der Waals surface area contributed by atoms with Crippen LogP contribution in [0.3, 0.4) is 0 Å². The van der Waals surface area contributed by atoms with E-state index in [1.165, 1.54) is 23.9 Å². The van der Waals surface area contributed by atoms with Gasteiger partial charge in [0.05, 0.1) is 12.1 Å². The Balaban J connectivity index is 1.84. The SMILES string of the molecule is CNC(=O)c1cc(C(=O)NCC2CCOCC2)cn(Cc2ccccc2)c1=O. The number of carbonyl (C=O) groups excluding carboxylic acids is 2. The van der Waals surface area contributed by atoms with Crippen LogP contribution in [0.4, 0.5) is 0 Å². The zero-order valence-electron chi connectivity index (χ0n) is 15.9. The van der Waals surface area contributed by atoms with Crippen LogP contribution < -0.4 is 16.2 Å². The molecule has 0 atom stereocenters. The first-order valence-corrected chi connectivity index (χ1v) is 9.45. The summed E-state index contributed by atoms with van der Waals surface area (Å²) in [5.74, 6) is -0.421. The molecule has 1 aromatic heterocycles. The Bertz CT molecular complexity index is 886. The average Bonchev–Trinajstić information content (AvgIpc) is 2.74. The molecule has 2 aromatic rings. The lowest BCUT2D eigenvalue weighted by Crippen LogP contribution is -2.35. The number of hydrogen-bond acceptors (Lipinski definition) is 4. The summed E-state index contributed by atoms with van der Waals surface area (Å²) >= 11 is 0. The summed E-state index contributed by atoms with van der Waals surface area (Å²) in [4.78, 5) is 37.5. The lowest BCUT2D eigenvalue weighted by molar-refractivity contribution is 0.0642. The van der Waals surface area contributed by atoms with Crippen LogP contribution in [0.15, 0.2) is 47.4 Å². The molecule has 1 saturated heterocycles. The molecule has 1 aliphatic rings. The van der Waals surface area contributed by atoms with E-state index in [0.29, 0.717) is 31.2 Å². The molecular formula is C21H25N3O4. The summed E-state index contributed by atoms with van der Waals surface area (Å²) in [7, 11) is 1.46. The molecule has 0 radical (unpaired) electrons. The fraction of sp³-hybridized carbons (Fsp3) is 0.381. The minimum Gasteiger partial charge on any atom is -0.381 e. The molecule has 2 heterocycles. The number of pyridine rings is 1. The van der Waals surface area contributed by atoms with E-state index in [4.69, 9.17) is 4.74 Å². The van der Waals surface area contributed by atoms with Crippen LogP contribution in [0.2, 0.25) is 0 Å². The van der Waals surface area contributed by atoms with Gasteiger partial charge in [0.15, 0.2) is 0 Å². The second kappa shape index (κ2) is 9.32. The molecule has 0 bridgehead atoms. The molecule has 0 saturated carbocycles. The maximum absolute atomic E-state index is 12.7. The summed E-state index contributed by atoms with van der Waals surface area (Å²) in [5.41, 5.74) is 0.731. The molecule has 2 amide bonds. The molecule has 148 valence electrons. The van der Waals surface area contributed by atoms with Crippen molar-refractivity contribution >= 4 is 11.8 Å². The van der Waals surface area contributed by atoms with Gasteiger partial charge in [-0.1, -0.05) is 30.3 Å². The molecule has 1 aliphatic heterocycles. The second-order valence-corrected chi connectivity index (χ2v) is 6.91. The molecule has 2 N–H and O–H groups in total. The zero-order chi connectivity index (χ0) is 19.9. The third-order valence-corrected chi connectivity index (χ3v) is 4.91. The highest BCUT2D eigenvalue weighted by Gasteiger charge is 2.19. The standard InChI is InChI=1S/C21H25N3O4/c1-22-20(26)18-11-17(19(25)23-12-15-7-9-28-10-8-15)14-24(21(18)27)13-16-5-3-2-4-6-16/h2-6,11,14-15H,7-10,12-13H2,1H3,(H,22,26)(H,23,25). The molecule has 1 aromatic carbocycles. The van der Waals surface area contributed by atoms with Crippen molar-refractivity contribution in [3.63, 3.8) is 0 Å². The van der Waals surface area contributed by atoms with E-state index < -0.39 is 11.5 Å². The second-order valence-electron chi connectivity index (χ2n) is 6.91. The third kappa shape index (κ3) is 4.86. The number of hydrogen-bond donors (Lipinski definition) is 2. The minimum atomic E-state index is -0.508. The Morgan fingerprint density at radius 2 is 1.86 bits per heavy atom. The molecule has 0 aliphatic carbocycles. The van der Waals surface area contributed by atoms with Crippen molar-refractivity contribution in [2.75, 3.05) is 26.8 Å². The van der Waals surface area contributed by atoms with E-state index in [1.807, 2.05) is 30.3 Å². The smallest absolute Gasteiger partial charge is 0.263 e. The summed E-state index contributed by atoms with van der Waals surface area (Å²) in [6.07, 6.45) is 3.34. The number of nitrogens with one attached hydrogen (secondary N) is 2. The fourth-order valence-corrected chi connectivity index (χ4v) is 3.24. The first-order valence-electron chi connectivity index (χ1n) is 9.45. The highest BCUT2D eigenvalue weighted by molar-refractivity contribution is 5.99. The Labute approximate surface area is 163 Å². The first-order chi connectivity index (χ1) is 13.6. The Hall–Kier alpha value is -2.93. The van der Waals surface area contributed by atoms with Crippen LogP contribution in [0.1, 0.15) is 39.1 Å². The molecule has 7 nitrogen and oxygen atoms in total. The molecule has 0 unspecified atom stereocenters. The van der Waals surface area contributed by atoms with E-state index in [1.54, 1.807) is 0 Å². The largest absolute Gasteiger partial charge is 0.381 e. The van der Waals surface area contributed by atoms with Gasteiger partial charge in [0, 0.05) is 33.0 Å². The van der Waals surface area contributed by atoms with E-state index in [-0.39, 0.29) is 18.0 Å². The summed E-state index contributed by atoms with van der Waals surface area (Å²) in [5, 5.41) is 5.39. The summed E-state index contributed by atoms with van der Waals surface area (Å²) in [6.45, 7) is 2.26. The normalized spacial score (nSPS) is 14.5. The van der Waals surface area contributed by atoms with Gasteiger partial charge >= 0.3 is 0 Å². The zero-order valence-corrected chi connectivity index (χ0v) is 15.9. The van der Waals surface area contributed by atoms with Crippen LogP contribution in [0, 0.1) is 5.92 Å². The van der Waals surface area contributed by atoms with Crippen LogP contribution >= 0.6 is 0 Å². The molecule has 0 spiro atoms. The predicted octanol–water partition coefficient (Wildman–Crippen LogP) is 1.41. The maximum Gasteiger partial charge on any atom is 0.263 e. The van der Waals surface area contributed by atoms with Gasteiger partial charge in [-0.05, 0) is 30.4 Å². The van der Waals surface area contributed by atoms with Crippen molar-refractivity contribution in [3.05, 3.63) is 69.6 Å². The lowest BCUT2D eigenvalue weighted by atomic mass is 10.0. The fourth-order valence-electron chi connectivity index (χ4n) is 3.24. The van der Waals surface area contributed by atoms with Gasteiger partial charge < -0.3 is 19.9 Å². The van der Waals surface area contributed by atoms with Gasteiger partial charge in [-0.3, -0.25) is 14.4 Å². The molecule has 3 rings (SSSR count). The summed E-state index contributed by atoms with van der Waals surface area (Å²) < 4.78 is 6.74. The molecule has 7 heteroatoms. The van der Waals surface area contributed by atoms with Crippen molar-refractivity contribution in [3.8, 4) is 0 Å². The van der Waals surface area contributed by atoms with Crippen LogP contribution in [-0.2, 0) is 11.3 Å². The van der Waals surface area contributed by atoms with Crippen molar-refractivity contribution in [1.82, 2.24) is 15.2 Å². The van der Waals surface area contributed by atoms with Crippen molar-refractivity contribution in [2.45, 2.75) is 19.4 Å². The van der Waals surface area contributed by atoms with Crippen molar-refractivity contribution in [1.29, 1.82) is 0 Å². The first kappa shape index (κ1) is 19.8. The number of benzene rings is 1. The number of aromatic nitrogens is 1. The van der Waals surface area contributed by atoms with E-state index in [0.717, 1.165) is 18.4 Å².